The van der Waals surface area contributed by atoms with Gasteiger partial charge in [-0.15, -0.1) is 17.0 Å². The molecule has 1 aliphatic rings. The monoisotopic (exact) mass is 349 g/mol. The van der Waals surface area contributed by atoms with Gasteiger partial charge in [-0.3, -0.25) is 0 Å². The zero-order valence-corrected chi connectivity index (χ0v) is 15.4. The maximum absolute atomic E-state index is 2.41. The van der Waals surface area contributed by atoms with E-state index in [2.05, 4.69) is 36.2 Å². The summed E-state index contributed by atoms with van der Waals surface area (Å²) in [5, 5.41) is 0. The molecule has 1 heterocycles. The Balaban J connectivity index is 0. The fourth-order valence-electron chi connectivity index (χ4n) is 2.54. The third-order valence-electron chi connectivity index (χ3n) is 3.74. The van der Waals surface area contributed by atoms with Crippen molar-refractivity contribution in [1.82, 2.24) is 16.0 Å². The molecule has 1 aliphatic heterocycles. The summed E-state index contributed by atoms with van der Waals surface area (Å²) in [4.78, 5) is 4.64. The number of hydrogen-bond acceptors (Lipinski definition) is 3. The lowest BCUT2D eigenvalue weighted by Crippen LogP contribution is -2.23. The van der Waals surface area contributed by atoms with Gasteiger partial charge in [0.05, 0.1) is 6.67 Å². The molecule has 0 bridgehead atoms. The Labute approximate surface area is 137 Å². The summed E-state index contributed by atoms with van der Waals surface area (Å²) in [6.07, 6.45) is 18.6. The Morgan fingerprint density at radius 1 is 0.800 bits per heavy atom. The SMILES string of the molecule is Br.CCCCCCCCCCCCN1C=CN(C)C1.N. The van der Waals surface area contributed by atoms with E-state index in [1.165, 1.54) is 70.8 Å². The zero-order valence-electron chi connectivity index (χ0n) is 13.6. The predicted molar refractivity (Wildman–Crippen MR) is 95.7 cm³/mol. The van der Waals surface area contributed by atoms with Crippen molar-refractivity contribution in [2.24, 2.45) is 0 Å². The first-order chi connectivity index (χ1) is 8.83. The van der Waals surface area contributed by atoms with Crippen molar-refractivity contribution in [2.75, 3.05) is 20.3 Å². The van der Waals surface area contributed by atoms with Gasteiger partial charge in [-0.2, -0.15) is 0 Å². The summed E-state index contributed by atoms with van der Waals surface area (Å²) in [6, 6.07) is 0. The van der Waals surface area contributed by atoms with E-state index in [-0.39, 0.29) is 23.1 Å². The normalized spacial score (nSPS) is 13.3. The number of hydrogen-bond donors (Lipinski definition) is 1. The molecule has 0 saturated carbocycles. The molecule has 0 saturated heterocycles. The van der Waals surface area contributed by atoms with Gasteiger partial charge in [-0.05, 0) is 6.42 Å². The zero-order chi connectivity index (χ0) is 13.1. The van der Waals surface area contributed by atoms with E-state index in [4.69, 9.17) is 0 Å². The summed E-state index contributed by atoms with van der Waals surface area (Å²) in [5.41, 5.74) is 0. The molecule has 0 aromatic carbocycles. The standard InChI is InChI=1S/C16H32N2.BrH.H3N/c1-3-4-5-6-7-8-9-10-11-12-13-18-15-14-17(2)16-18;;/h14-15H,3-13,16H2,1-2H3;1H;1H3. The molecule has 0 aromatic heterocycles. The number of unbranched alkanes of at least 4 members (excludes halogenated alkanes) is 9. The average Bonchev–Trinajstić information content (AvgIpc) is 2.77. The minimum Gasteiger partial charge on any atom is -0.362 e. The van der Waals surface area contributed by atoms with Gasteiger partial charge in [-0.1, -0.05) is 64.7 Å². The molecule has 0 aromatic rings. The number of nitrogens with zero attached hydrogens (tertiary/aromatic N) is 2. The van der Waals surface area contributed by atoms with Crippen LogP contribution in [-0.2, 0) is 0 Å². The maximum atomic E-state index is 2.41. The molecule has 122 valence electrons. The molecule has 0 spiro atoms. The van der Waals surface area contributed by atoms with Gasteiger partial charge in [0.2, 0.25) is 0 Å². The quantitative estimate of drug-likeness (QED) is 0.513. The fourth-order valence-corrected chi connectivity index (χ4v) is 2.54. The van der Waals surface area contributed by atoms with Crippen molar-refractivity contribution in [3.05, 3.63) is 12.4 Å². The Bertz CT molecular complexity index is 222. The lowest BCUT2D eigenvalue weighted by Gasteiger charge is -2.17. The molecule has 0 unspecified atom stereocenters. The van der Waals surface area contributed by atoms with Crippen molar-refractivity contribution >= 4 is 17.0 Å². The highest BCUT2D eigenvalue weighted by atomic mass is 79.9. The van der Waals surface area contributed by atoms with E-state index < -0.39 is 0 Å². The van der Waals surface area contributed by atoms with Crippen molar-refractivity contribution in [3.63, 3.8) is 0 Å². The average molecular weight is 350 g/mol. The van der Waals surface area contributed by atoms with Crippen LogP contribution in [0.2, 0.25) is 0 Å². The summed E-state index contributed by atoms with van der Waals surface area (Å²) in [7, 11) is 2.13. The first kappa shape index (κ1) is 22.1. The lowest BCUT2D eigenvalue weighted by atomic mass is 10.1. The van der Waals surface area contributed by atoms with Crippen molar-refractivity contribution < 1.29 is 0 Å². The van der Waals surface area contributed by atoms with Gasteiger partial charge >= 0.3 is 0 Å². The van der Waals surface area contributed by atoms with Crippen LogP contribution in [0.4, 0.5) is 0 Å². The molecule has 4 heteroatoms. The minimum absolute atomic E-state index is 0. The van der Waals surface area contributed by atoms with Crippen LogP contribution in [0.1, 0.15) is 71.1 Å². The van der Waals surface area contributed by atoms with Crippen LogP contribution in [0.3, 0.4) is 0 Å². The second kappa shape index (κ2) is 15.2. The summed E-state index contributed by atoms with van der Waals surface area (Å²) >= 11 is 0. The molecular weight excluding hydrogens is 314 g/mol. The molecule has 0 atom stereocenters. The number of rotatable bonds is 11. The third kappa shape index (κ3) is 11.6. The molecule has 0 amide bonds. The molecule has 0 aliphatic carbocycles. The second-order valence-electron chi connectivity index (χ2n) is 5.69. The van der Waals surface area contributed by atoms with Gasteiger partial charge in [0.15, 0.2) is 0 Å². The fraction of sp³-hybridized carbons (Fsp3) is 0.875. The van der Waals surface area contributed by atoms with Crippen LogP contribution in [0.15, 0.2) is 12.4 Å². The number of halogens is 1. The van der Waals surface area contributed by atoms with E-state index in [0.717, 1.165) is 6.67 Å². The Hall–Kier alpha value is -0.220. The Kier molecular flexibility index (Phi) is 16.7. The van der Waals surface area contributed by atoms with Gasteiger partial charge < -0.3 is 16.0 Å². The van der Waals surface area contributed by atoms with Gasteiger partial charge in [0.25, 0.3) is 0 Å². The van der Waals surface area contributed by atoms with Crippen LogP contribution >= 0.6 is 17.0 Å². The summed E-state index contributed by atoms with van der Waals surface area (Å²) in [5.74, 6) is 0. The van der Waals surface area contributed by atoms with Crippen LogP contribution in [0, 0.1) is 0 Å². The van der Waals surface area contributed by atoms with Crippen molar-refractivity contribution in [1.29, 1.82) is 0 Å². The van der Waals surface area contributed by atoms with Crippen LogP contribution in [-0.4, -0.2) is 30.1 Å². The topological polar surface area (TPSA) is 41.5 Å². The van der Waals surface area contributed by atoms with E-state index in [1.54, 1.807) is 0 Å². The summed E-state index contributed by atoms with van der Waals surface area (Å²) < 4.78 is 0. The smallest absolute Gasteiger partial charge is 0.0890 e. The first-order valence-electron chi connectivity index (χ1n) is 7.95. The van der Waals surface area contributed by atoms with Crippen molar-refractivity contribution in [3.8, 4) is 0 Å². The molecule has 0 fully saturated rings. The van der Waals surface area contributed by atoms with E-state index >= 15 is 0 Å². The minimum atomic E-state index is 0. The second-order valence-corrected chi connectivity index (χ2v) is 5.69. The van der Waals surface area contributed by atoms with Gasteiger partial charge in [0, 0.05) is 26.0 Å². The third-order valence-corrected chi connectivity index (χ3v) is 3.74. The van der Waals surface area contributed by atoms with Crippen LogP contribution < -0.4 is 6.15 Å². The molecular formula is C16H36BrN3. The summed E-state index contributed by atoms with van der Waals surface area (Å²) in [6.45, 7) is 4.60. The van der Waals surface area contributed by atoms with Crippen LogP contribution in [0.5, 0.6) is 0 Å². The Morgan fingerprint density at radius 3 is 1.75 bits per heavy atom. The molecule has 20 heavy (non-hydrogen) atoms. The van der Waals surface area contributed by atoms with E-state index in [9.17, 15) is 0 Å². The predicted octanol–water partition coefficient (Wildman–Crippen LogP) is 5.32. The van der Waals surface area contributed by atoms with E-state index in [0.29, 0.717) is 0 Å². The highest BCUT2D eigenvalue weighted by Crippen LogP contribution is 2.11. The largest absolute Gasteiger partial charge is 0.362 e. The molecule has 1 rings (SSSR count). The highest BCUT2D eigenvalue weighted by molar-refractivity contribution is 8.93. The Morgan fingerprint density at radius 2 is 1.30 bits per heavy atom. The van der Waals surface area contributed by atoms with Gasteiger partial charge in [0.1, 0.15) is 0 Å². The van der Waals surface area contributed by atoms with Crippen LogP contribution in [0.25, 0.3) is 0 Å². The van der Waals surface area contributed by atoms with Gasteiger partial charge in [-0.25, -0.2) is 0 Å². The van der Waals surface area contributed by atoms with E-state index in [1.807, 2.05) is 0 Å². The first-order valence-corrected chi connectivity index (χ1v) is 7.95. The molecule has 3 N–H and O–H groups in total. The lowest BCUT2D eigenvalue weighted by molar-refractivity contribution is 0.290. The van der Waals surface area contributed by atoms with Crippen molar-refractivity contribution in [2.45, 2.75) is 71.1 Å². The molecule has 3 nitrogen and oxygen atoms in total. The highest BCUT2D eigenvalue weighted by Gasteiger charge is 2.06. The maximum Gasteiger partial charge on any atom is 0.0890 e. The molecule has 0 radical (unpaired) electrons.